The first-order chi connectivity index (χ1) is 14.7. The van der Waals surface area contributed by atoms with Crippen molar-refractivity contribution in [2.45, 2.75) is 31.7 Å². The first-order valence-corrected chi connectivity index (χ1v) is 11.8. The molecule has 0 aliphatic carbocycles. The zero-order valence-electron chi connectivity index (χ0n) is 17.4. The van der Waals surface area contributed by atoms with E-state index in [0.29, 0.717) is 44.2 Å². The van der Waals surface area contributed by atoms with Gasteiger partial charge in [0, 0.05) is 43.8 Å². The first kappa shape index (κ1) is 19.9. The lowest BCUT2D eigenvalue weighted by atomic mass is 9.74. The van der Waals surface area contributed by atoms with Gasteiger partial charge in [-0.25, -0.2) is 14.8 Å². The Morgan fingerprint density at radius 1 is 1.30 bits per heavy atom. The fourth-order valence-corrected chi connectivity index (χ4v) is 5.79. The topological polar surface area (TPSA) is 70.6 Å². The van der Waals surface area contributed by atoms with E-state index in [1.54, 1.807) is 11.3 Å². The number of rotatable bonds is 4. The molecule has 30 heavy (non-hydrogen) atoms. The second-order valence-corrected chi connectivity index (χ2v) is 9.48. The molecule has 1 unspecified atom stereocenters. The molecule has 0 spiro atoms. The molecular formula is C22H29N5O2S. The Hall–Kier alpha value is -2.03. The summed E-state index contributed by atoms with van der Waals surface area (Å²) in [6.45, 7) is 7.49. The summed E-state index contributed by atoms with van der Waals surface area (Å²) in [5.74, 6) is 1.91. The van der Waals surface area contributed by atoms with E-state index in [1.807, 2.05) is 11.8 Å². The van der Waals surface area contributed by atoms with E-state index in [9.17, 15) is 4.79 Å². The van der Waals surface area contributed by atoms with Crippen LogP contribution in [0.25, 0.3) is 10.6 Å². The van der Waals surface area contributed by atoms with Gasteiger partial charge in [0.1, 0.15) is 5.82 Å². The van der Waals surface area contributed by atoms with E-state index >= 15 is 0 Å². The molecule has 6 rings (SSSR count). The Bertz CT molecular complexity index is 884. The molecule has 4 fully saturated rings. The maximum absolute atomic E-state index is 12.4. The number of ether oxygens (including phenoxy) is 1. The van der Waals surface area contributed by atoms with Crippen LogP contribution in [0.3, 0.4) is 0 Å². The highest BCUT2D eigenvalue weighted by Gasteiger charge is 2.41. The number of aryl methyl sites for hydroxylation is 1. The number of piperidine rings is 3. The molecule has 0 aromatic carbocycles. The molecule has 6 heterocycles. The number of thiophene rings is 1. The molecule has 0 saturated carbocycles. The Balaban J connectivity index is 1.24. The van der Waals surface area contributed by atoms with Crippen molar-refractivity contribution in [3.8, 4) is 10.6 Å². The molecule has 4 atom stereocenters. The van der Waals surface area contributed by atoms with Gasteiger partial charge in [-0.1, -0.05) is 6.07 Å². The summed E-state index contributed by atoms with van der Waals surface area (Å²) in [5, 5.41) is 5.26. The van der Waals surface area contributed by atoms with E-state index in [0.717, 1.165) is 37.6 Å². The van der Waals surface area contributed by atoms with E-state index in [1.165, 1.54) is 17.0 Å². The number of amides is 2. The van der Waals surface area contributed by atoms with Crippen LogP contribution < -0.4 is 5.32 Å². The third-order valence-corrected chi connectivity index (χ3v) is 7.57. The maximum Gasteiger partial charge on any atom is 0.317 e. The highest BCUT2D eigenvalue weighted by molar-refractivity contribution is 7.13. The van der Waals surface area contributed by atoms with Gasteiger partial charge >= 0.3 is 6.03 Å². The lowest BCUT2D eigenvalue weighted by molar-refractivity contribution is 0.0274. The fraction of sp³-hybridized carbons (Fsp3) is 0.591. The molecule has 4 aliphatic heterocycles. The minimum atomic E-state index is 0.0458. The second kappa shape index (κ2) is 8.61. The predicted octanol–water partition coefficient (Wildman–Crippen LogP) is 2.73. The van der Waals surface area contributed by atoms with Gasteiger partial charge in [-0.3, -0.25) is 4.90 Å². The molecule has 7 nitrogen and oxygen atoms in total. The predicted molar refractivity (Wildman–Crippen MR) is 117 cm³/mol. The Morgan fingerprint density at radius 2 is 2.17 bits per heavy atom. The van der Waals surface area contributed by atoms with E-state index < -0.39 is 0 Å². The summed E-state index contributed by atoms with van der Waals surface area (Å²) >= 11 is 1.72. The molecule has 4 saturated heterocycles. The van der Waals surface area contributed by atoms with Gasteiger partial charge in [0.05, 0.1) is 23.8 Å². The lowest BCUT2D eigenvalue weighted by Crippen LogP contribution is -2.57. The highest BCUT2D eigenvalue weighted by Crippen LogP contribution is 2.41. The van der Waals surface area contributed by atoms with Crippen LogP contribution in [0.1, 0.15) is 30.3 Å². The molecule has 2 amide bonds. The molecule has 160 valence electrons. The lowest BCUT2D eigenvalue weighted by Gasteiger charge is -2.49. The number of nitrogens with zero attached hydrogens (tertiary/aromatic N) is 4. The SMILES string of the molecule is Cc1nc(-c2cccs2)cc([C@H]2CN3CC[C@H]2C[C@@H]3CNC(=O)N2CCOCC2)n1. The van der Waals surface area contributed by atoms with E-state index in [4.69, 9.17) is 9.72 Å². The average Bonchev–Trinajstić information content (AvgIpc) is 3.33. The summed E-state index contributed by atoms with van der Waals surface area (Å²) in [5.41, 5.74) is 2.22. The summed E-state index contributed by atoms with van der Waals surface area (Å²) < 4.78 is 5.34. The van der Waals surface area contributed by atoms with Crippen molar-refractivity contribution in [3.05, 3.63) is 35.1 Å². The van der Waals surface area contributed by atoms with Crippen molar-refractivity contribution >= 4 is 17.4 Å². The highest BCUT2D eigenvalue weighted by atomic mass is 32.1. The Kier molecular flexibility index (Phi) is 5.71. The number of hydrogen-bond donors (Lipinski definition) is 1. The molecule has 2 aromatic heterocycles. The van der Waals surface area contributed by atoms with Crippen LogP contribution in [0.15, 0.2) is 23.6 Å². The Labute approximate surface area is 181 Å². The van der Waals surface area contributed by atoms with Crippen LogP contribution in [-0.4, -0.2) is 77.8 Å². The van der Waals surface area contributed by atoms with Crippen LogP contribution in [0.2, 0.25) is 0 Å². The monoisotopic (exact) mass is 427 g/mol. The largest absolute Gasteiger partial charge is 0.378 e. The normalized spacial score (nSPS) is 28.5. The minimum Gasteiger partial charge on any atom is -0.378 e. The molecule has 8 heteroatoms. The van der Waals surface area contributed by atoms with E-state index in [2.05, 4.69) is 38.8 Å². The minimum absolute atomic E-state index is 0.0458. The van der Waals surface area contributed by atoms with Crippen LogP contribution >= 0.6 is 11.3 Å². The van der Waals surface area contributed by atoms with Gasteiger partial charge < -0.3 is 15.0 Å². The van der Waals surface area contributed by atoms with Gasteiger partial charge in [-0.2, -0.15) is 0 Å². The summed E-state index contributed by atoms with van der Waals surface area (Å²) in [6, 6.07) is 6.86. The molecule has 1 N–H and O–H groups in total. The van der Waals surface area contributed by atoms with Crippen molar-refractivity contribution < 1.29 is 9.53 Å². The number of urea groups is 1. The number of nitrogens with one attached hydrogen (secondary N) is 1. The van der Waals surface area contributed by atoms with E-state index in [-0.39, 0.29) is 6.03 Å². The summed E-state index contributed by atoms with van der Waals surface area (Å²) in [4.78, 5) is 27.5. The second-order valence-electron chi connectivity index (χ2n) is 8.53. The van der Waals surface area contributed by atoms with Crippen molar-refractivity contribution in [1.29, 1.82) is 0 Å². The molecule has 2 bridgehead atoms. The van der Waals surface area contributed by atoms with Crippen LogP contribution in [-0.2, 0) is 4.74 Å². The molecule has 4 aliphatic rings. The van der Waals surface area contributed by atoms with Gasteiger partial charge in [0.25, 0.3) is 0 Å². The zero-order chi connectivity index (χ0) is 20.5. The quantitative estimate of drug-likeness (QED) is 0.813. The van der Waals surface area contributed by atoms with Crippen LogP contribution in [0.4, 0.5) is 4.79 Å². The number of carbonyl (C=O) groups is 1. The molecule has 2 aromatic rings. The smallest absolute Gasteiger partial charge is 0.317 e. The average molecular weight is 428 g/mol. The van der Waals surface area contributed by atoms with Crippen molar-refractivity contribution in [2.24, 2.45) is 5.92 Å². The number of hydrogen-bond acceptors (Lipinski definition) is 6. The molecule has 0 radical (unpaired) electrons. The van der Waals surface area contributed by atoms with Gasteiger partial charge in [-0.05, 0) is 49.7 Å². The Morgan fingerprint density at radius 3 is 2.90 bits per heavy atom. The summed E-state index contributed by atoms with van der Waals surface area (Å²) in [6.07, 6.45) is 2.32. The zero-order valence-corrected chi connectivity index (χ0v) is 18.2. The van der Waals surface area contributed by atoms with Crippen molar-refractivity contribution in [1.82, 2.24) is 25.1 Å². The van der Waals surface area contributed by atoms with Gasteiger partial charge in [-0.15, -0.1) is 11.3 Å². The van der Waals surface area contributed by atoms with Crippen LogP contribution in [0.5, 0.6) is 0 Å². The first-order valence-electron chi connectivity index (χ1n) is 10.9. The van der Waals surface area contributed by atoms with Crippen LogP contribution in [0, 0.1) is 12.8 Å². The third kappa shape index (κ3) is 4.08. The van der Waals surface area contributed by atoms with Gasteiger partial charge in [0.2, 0.25) is 0 Å². The number of aromatic nitrogens is 2. The summed E-state index contributed by atoms with van der Waals surface area (Å²) in [7, 11) is 0. The number of morpholine rings is 1. The third-order valence-electron chi connectivity index (χ3n) is 6.68. The molecular weight excluding hydrogens is 398 g/mol. The number of carbonyl (C=O) groups excluding carboxylic acids is 1. The van der Waals surface area contributed by atoms with Crippen molar-refractivity contribution in [2.75, 3.05) is 45.9 Å². The maximum atomic E-state index is 12.4. The standard InChI is InChI=1S/C22H29N5O2S/c1-15-24-19(12-20(25-15)21-3-2-10-30-21)18-14-27-5-4-16(18)11-17(27)13-23-22(28)26-6-8-29-9-7-26/h2-3,10,12,16-18H,4-9,11,13-14H2,1H3,(H,23,28)/t16-,17+,18-/m0/s1. The fourth-order valence-electron chi connectivity index (χ4n) is 5.10. The number of fused-ring (bicyclic) bond motifs is 3. The van der Waals surface area contributed by atoms with Gasteiger partial charge in [0.15, 0.2) is 0 Å². The van der Waals surface area contributed by atoms with Crippen molar-refractivity contribution in [3.63, 3.8) is 0 Å².